The molecule has 0 aliphatic carbocycles. The third-order valence-corrected chi connectivity index (χ3v) is 5.27. The second kappa shape index (κ2) is 7.94. The summed E-state index contributed by atoms with van der Waals surface area (Å²) in [7, 11) is 0. The lowest BCUT2D eigenvalue weighted by molar-refractivity contribution is 0.370. The summed E-state index contributed by atoms with van der Waals surface area (Å²) < 4.78 is 35.5. The Labute approximate surface area is 185 Å². The largest absolute Gasteiger partial charge is 0.337 e. The molecule has 2 heterocycles. The van der Waals surface area contributed by atoms with Crippen molar-refractivity contribution in [2.45, 2.75) is 13.5 Å². The standard InChI is InChI=1S/C24H16F2N4O3/c1-14-6-8-15(9-7-14)22-27-21(33-28-22)13-29-19-5-3-2-4-17(19)23(31)30(24(29)32)20-12-16(25)10-11-18(20)26/h2-12H,13H2,1H3. The maximum absolute atomic E-state index is 14.5. The molecule has 164 valence electrons. The molecule has 0 saturated carbocycles. The van der Waals surface area contributed by atoms with Crippen LogP contribution in [0.4, 0.5) is 8.78 Å². The first kappa shape index (κ1) is 20.5. The predicted molar refractivity (Wildman–Crippen MR) is 117 cm³/mol. The average Bonchev–Trinajstić information content (AvgIpc) is 3.28. The van der Waals surface area contributed by atoms with Gasteiger partial charge in [0.2, 0.25) is 11.7 Å². The molecule has 0 amide bonds. The van der Waals surface area contributed by atoms with Crippen LogP contribution in [0.15, 0.2) is 80.8 Å². The minimum atomic E-state index is -0.906. The number of hydrogen-bond acceptors (Lipinski definition) is 5. The number of para-hydroxylation sites is 1. The van der Waals surface area contributed by atoms with E-state index in [-0.39, 0.29) is 17.8 Å². The molecule has 5 rings (SSSR count). The van der Waals surface area contributed by atoms with Crippen LogP contribution >= 0.6 is 0 Å². The number of rotatable bonds is 4. The van der Waals surface area contributed by atoms with Gasteiger partial charge in [0.05, 0.1) is 16.6 Å². The Bertz CT molecular complexity index is 1620. The van der Waals surface area contributed by atoms with Gasteiger partial charge in [-0.1, -0.05) is 47.1 Å². The van der Waals surface area contributed by atoms with Crippen LogP contribution in [-0.2, 0) is 6.54 Å². The highest BCUT2D eigenvalue weighted by Crippen LogP contribution is 2.18. The SMILES string of the molecule is Cc1ccc(-c2noc(Cn3c(=O)n(-c4cc(F)ccc4F)c(=O)c4ccccc43)n2)cc1. The summed E-state index contributed by atoms with van der Waals surface area (Å²) in [6.45, 7) is 1.79. The fourth-order valence-corrected chi connectivity index (χ4v) is 3.62. The summed E-state index contributed by atoms with van der Waals surface area (Å²) in [4.78, 5) is 30.7. The fourth-order valence-electron chi connectivity index (χ4n) is 3.62. The molecule has 0 bridgehead atoms. The number of aryl methyl sites for hydroxylation is 1. The van der Waals surface area contributed by atoms with E-state index in [2.05, 4.69) is 10.1 Å². The van der Waals surface area contributed by atoms with Gasteiger partial charge in [-0.15, -0.1) is 0 Å². The van der Waals surface area contributed by atoms with Crippen molar-refractivity contribution in [2.24, 2.45) is 0 Å². The van der Waals surface area contributed by atoms with Crippen LogP contribution in [0.1, 0.15) is 11.5 Å². The van der Waals surface area contributed by atoms with Gasteiger partial charge in [-0.2, -0.15) is 4.98 Å². The molecule has 7 nitrogen and oxygen atoms in total. The summed E-state index contributed by atoms with van der Waals surface area (Å²) in [6.07, 6.45) is 0. The lowest BCUT2D eigenvalue weighted by Crippen LogP contribution is -2.39. The molecule has 0 N–H and O–H groups in total. The molecule has 0 saturated heterocycles. The molecule has 5 aromatic rings. The Kier molecular flexibility index (Phi) is 4.93. The number of nitrogens with zero attached hydrogens (tertiary/aromatic N) is 4. The minimum Gasteiger partial charge on any atom is -0.337 e. The highest BCUT2D eigenvalue weighted by molar-refractivity contribution is 5.78. The van der Waals surface area contributed by atoms with Gasteiger partial charge in [0.1, 0.15) is 18.2 Å². The molecule has 2 aromatic heterocycles. The first-order valence-corrected chi connectivity index (χ1v) is 10.0. The molecule has 3 aromatic carbocycles. The zero-order chi connectivity index (χ0) is 23.1. The van der Waals surface area contributed by atoms with Crippen molar-refractivity contribution in [3.63, 3.8) is 0 Å². The predicted octanol–water partition coefficient (Wildman–Crippen LogP) is 3.84. The van der Waals surface area contributed by atoms with E-state index >= 15 is 0 Å². The Morgan fingerprint density at radius 1 is 0.970 bits per heavy atom. The van der Waals surface area contributed by atoms with Crippen molar-refractivity contribution in [2.75, 3.05) is 0 Å². The highest BCUT2D eigenvalue weighted by atomic mass is 19.1. The Morgan fingerprint density at radius 3 is 2.52 bits per heavy atom. The number of hydrogen-bond donors (Lipinski definition) is 0. The molecule has 33 heavy (non-hydrogen) atoms. The Hall–Kier alpha value is -4.40. The number of fused-ring (bicyclic) bond motifs is 1. The van der Waals surface area contributed by atoms with Crippen LogP contribution in [0.3, 0.4) is 0 Å². The molecular formula is C24H16F2N4O3. The van der Waals surface area contributed by atoms with Crippen LogP contribution in [0.5, 0.6) is 0 Å². The lowest BCUT2D eigenvalue weighted by atomic mass is 10.1. The maximum atomic E-state index is 14.5. The number of aromatic nitrogens is 4. The summed E-state index contributed by atoms with van der Waals surface area (Å²) in [5.41, 5.74) is 0.0125. The molecule has 0 aliphatic heterocycles. The van der Waals surface area contributed by atoms with Gasteiger partial charge in [-0.05, 0) is 31.2 Å². The van der Waals surface area contributed by atoms with E-state index in [4.69, 9.17) is 4.52 Å². The molecule has 0 unspecified atom stereocenters. The monoisotopic (exact) mass is 446 g/mol. The highest BCUT2D eigenvalue weighted by Gasteiger charge is 2.19. The topological polar surface area (TPSA) is 82.9 Å². The van der Waals surface area contributed by atoms with Crippen LogP contribution in [0, 0.1) is 18.6 Å². The number of benzene rings is 3. The Balaban J connectivity index is 1.68. The van der Waals surface area contributed by atoms with Gasteiger partial charge in [0.15, 0.2) is 0 Å². The van der Waals surface area contributed by atoms with Gasteiger partial charge < -0.3 is 4.52 Å². The quantitative estimate of drug-likeness (QED) is 0.419. The van der Waals surface area contributed by atoms with E-state index in [1.165, 1.54) is 10.6 Å². The van der Waals surface area contributed by atoms with E-state index in [1.807, 2.05) is 31.2 Å². The van der Waals surface area contributed by atoms with Crippen molar-refractivity contribution < 1.29 is 13.3 Å². The van der Waals surface area contributed by atoms with E-state index in [0.29, 0.717) is 15.9 Å². The minimum absolute atomic E-state index is 0.114. The average molecular weight is 446 g/mol. The van der Waals surface area contributed by atoms with E-state index in [9.17, 15) is 18.4 Å². The second-order valence-electron chi connectivity index (χ2n) is 7.50. The molecule has 9 heteroatoms. The lowest BCUT2D eigenvalue weighted by Gasteiger charge is -2.13. The zero-order valence-electron chi connectivity index (χ0n) is 17.3. The summed E-state index contributed by atoms with van der Waals surface area (Å²) in [5, 5.41) is 4.12. The summed E-state index contributed by atoms with van der Waals surface area (Å²) >= 11 is 0. The fraction of sp³-hybridized carbons (Fsp3) is 0.0833. The van der Waals surface area contributed by atoms with Gasteiger partial charge >= 0.3 is 5.69 Å². The van der Waals surface area contributed by atoms with Crippen LogP contribution < -0.4 is 11.2 Å². The van der Waals surface area contributed by atoms with Crippen LogP contribution in [0.2, 0.25) is 0 Å². The van der Waals surface area contributed by atoms with Gasteiger partial charge in [0, 0.05) is 11.6 Å². The smallest absolute Gasteiger partial charge is 0.336 e. The number of halogens is 2. The third-order valence-electron chi connectivity index (χ3n) is 5.27. The van der Waals surface area contributed by atoms with Crippen molar-refractivity contribution in [3.05, 3.63) is 111 Å². The summed E-state index contributed by atoms with van der Waals surface area (Å²) in [5.74, 6) is -1.23. The zero-order valence-corrected chi connectivity index (χ0v) is 17.3. The molecular weight excluding hydrogens is 430 g/mol. The molecule has 0 fully saturated rings. The van der Waals surface area contributed by atoms with Gasteiger partial charge in [-0.3, -0.25) is 9.36 Å². The maximum Gasteiger partial charge on any atom is 0.336 e. The third kappa shape index (κ3) is 3.63. The molecule has 0 aliphatic rings. The van der Waals surface area contributed by atoms with Crippen molar-refractivity contribution >= 4 is 10.9 Å². The molecule has 0 radical (unpaired) electrons. The summed E-state index contributed by atoms with van der Waals surface area (Å²) in [6, 6.07) is 16.5. The first-order valence-electron chi connectivity index (χ1n) is 10.0. The molecule has 0 atom stereocenters. The van der Waals surface area contributed by atoms with Crippen LogP contribution in [0.25, 0.3) is 28.0 Å². The van der Waals surface area contributed by atoms with Crippen molar-refractivity contribution in [1.82, 2.24) is 19.3 Å². The van der Waals surface area contributed by atoms with Crippen LogP contribution in [-0.4, -0.2) is 19.3 Å². The van der Waals surface area contributed by atoms with E-state index in [0.717, 1.165) is 29.3 Å². The second-order valence-corrected chi connectivity index (χ2v) is 7.50. The van der Waals surface area contributed by atoms with E-state index in [1.54, 1.807) is 18.2 Å². The van der Waals surface area contributed by atoms with Gasteiger partial charge in [-0.25, -0.2) is 18.1 Å². The van der Waals surface area contributed by atoms with Gasteiger partial charge in [0.25, 0.3) is 5.56 Å². The Morgan fingerprint density at radius 2 is 1.73 bits per heavy atom. The van der Waals surface area contributed by atoms with Crippen molar-refractivity contribution in [1.29, 1.82) is 0 Å². The molecule has 0 spiro atoms. The van der Waals surface area contributed by atoms with E-state index < -0.39 is 28.6 Å². The van der Waals surface area contributed by atoms with Crippen molar-refractivity contribution in [3.8, 4) is 17.1 Å². The first-order chi connectivity index (χ1) is 15.9. The normalized spacial score (nSPS) is 11.2.